The van der Waals surface area contributed by atoms with E-state index in [1.807, 2.05) is 30.6 Å². The van der Waals surface area contributed by atoms with Gasteiger partial charge in [0.2, 0.25) is 0 Å². The lowest BCUT2D eigenvalue weighted by Crippen LogP contribution is -2.46. The zero-order chi connectivity index (χ0) is 17.1. The molecule has 0 saturated heterocycles. The zero-order valence-corrected chi connectivity index (χ0v) is 14.7. The van der Waals surface area contributed by atoms with Crippen LogP contribution in [0.4, 0.5) is 0 Å². The lowest BCUT2D eigenvalue weighted by molar-refractivity contribution is 0.286. The van der Waals surface area contributed by atoms with Gasteiger partial charge in [-0.1, -0.05) is 30.3 Å². The highest BCUT2D eigenvalue weighted by Gasteiger charge is 2.30. The number of thiocarbonyl (C=S) groups is 1. The maximum atomic E-state index is 5.74. The predicted octanol–water partition coefficient (Wildman–Crippen LogP) is 3.36. The Morgan fingerprint density at radius 3 is 2.64 bits per heavy atom. The van der Waals surface area contributed by atoms with Gasteiger partial charge in [-0.15, -0.1) is 0 Å². The summed E-state index contributed by atoms with van der Waals surface area (Å²) in [4.78, 5) is 6.44. The van der Waals surface area contributed by atoms with Crippen molar-refractivity contribution in [2.75, 3.05) is 6.54 Å². The van der Waals surface area contributed by atoms with Crippen LogP contribution in [0.3, 0.4) is 0 Å². The smallest absolute Gasteiger partial charge is 0.170 e. The summed E-state index contributed by atoms with van der Waals surface area (Å²) in [6.07, 6.45) is 5.83. The number of aromatic nitrogens is 2. The molecule has 4 nitrogen and oxygen atoms in total. The molecule has 0 radical (unpaired) electrons. The summed E-state index contributed by atoms with van der Waals surface area (Å²) in [7, 11) is 0. The summed E-state index contributed by atoms with van der Waals surface area (Å²) in [6.45, 7) is 2.56. The Labute approximate surface area is 153 Å². The Kier molecular flexibility index (Phi) is 4.48. The second-order valence-electron chi connectivity index (χ2n) is 6.15. The number of benzene rings is 1. The van der Waals surface area contributed by atoms with Crippen LogP contribution in [-0.2, 0) is 13.1 Å². The Hall–Kier alpha value is -2.66. The lowest BCUT2D eigenvalue weighted by Gasteiger charge is -2.39. The van der Waals surface area contributed by atoms with Gasteiger partial charge in [-0.3, -0.25) is 4.98 Å². The van der Waals surface area contributed by atoms with Gasteiger partial charge < -0.3 is 14.8 Å². The van der Waals surface area contributed by atoms with Crippen LogP contribution in [-0.4, -0.2) is 26.1 Å². The molecular formula is C20H20N4S. The molecule has 0 fully saturated rings. The van der Waals surface area contributed by atoms with Crippen LogP contribution in [0.2, 0.25) is 0 Å². The summed E-state index contributed by atoms with van der Waals surface area (Å²) in [6, 6.07) is 18.9. The highest BCUT2D eigenvalue weighted by molar-refractivity contribution is 7.80. The third-order valence-corrected chi connectivity index (χ3v) is 4.99. The molecule has 1 atom stereocenters. The molecule has 0 aliphatic carbocycles. The van der Waals surface area contributed by atoms with E-state index in [2.05, 4.69) is 62.4 Å². The summed E-state index contributed by atoms with van der Waals surface area (Å²) in [5, 5.41) is 4.21. The molecule has 25 heavy (non-hydrogen) atoms. The Morgan fingerprint density at radius 1 is 1.04 bits per heavy atom. The Morgan fingerprint density at radius 2 is 1.84 bits per heavy atom. The molecule has 4 rings (SSSR count). The summed E-state index contributed by atoms with van der Waals surface area (Å²) < 4.78 is 2.31. The van der Waals surface area contributed by atoms with Gasteiger partial charge in [0.1, 0.15) is 0 Å². The molecule has 0 amide bonds. The van der Waals surface area contributed by atoms with E-state index in [0.29, 0.717) is 0 Å². The van der Waals surface area contributed by atoms with Crippen molar-refractivity contribution in [2.45, 2.75) is 19.1 Å². The van der Waals surface area contributed by atoms with E-state index >= 15 is 0 Å². The molecule has 126 valence electrons. The first-order chi connectivity index (χ1) is 12.3. The first kappa shape index (κ1) is 15.8. The Balaban J connectivity index is 1.58. The van der Waals surface area contributed by atoms with Crippen molar-refractivity contribution in [2.24, 2.45) is 0 Å². The van der Waals surface area contributed by atoms with E-state index in [9.17, 15) is 0 Å². The van der Waals surface area contributed by atoms with Gasteiger partial charge in [-0.05, 0) is 47.6 Å². The van der Waals surface area contributed by atoms with Crippen LogP contribution in [0.25, 0.3) is 0 Å². The van der Waals surface area contributed by atoms with Crippen LogP contribution in [0.15, 0.2) is 73.2 Å². The fourth-order valence-corrected chi connectivity index (χ4v) is 3.64. The van der Waals surface area contributed by atoms with E-state index in [-0.39, 0.29) is 6.04 Å². The van der Waals surface area contributed by atoms with Crippen molar-refractivity contribution in [3.63, 3.8) is 0 Å². The minimum Gasteiger partial charge on any atom is -0.358 e. The summed E-state index contributed by atoms with van der Waals surface area (Å²) >= 11 is 5.74. The van der Waals surface area contributed by atoms with E-state index in [1.165, 1.54) is 16.8 Å². The molecule has 0 spiro atoms. The van der Waals surface area contributed by atoms with Gasteiger partial charge in [0.05, 0.1) is 6.04 Å². The van der Waals surface area contributed by atoms with Gasteiger partial charge in [0.15, 0.2) is 5.11 Å². The minimum atomic E-state index is 0.113. The minimum absolute atomic E-state index is 0.113. The van der Waals surface area contributed by atoms with Crippen molar-refractivity contribution >= 4 is 17.3 Å². The molecule has 5 heteroatoms. The van der Waals surface area contributed by atoms with Crippen molar-refractivity contribution in [3.05, 3.63) is 90.0 Å². The summed E-state index contributed by atoms with van der Waals surface area (Å²) in [5.74, 6) is 0. The largest absolute Gasteiger partial charge is 0.358 e. The number of rotatable bonds is 3. The standard InChI is InChI=1S/C20H20N4S/c25-20(22-15-16-5-2-1-3-6-16)24-14-13-23-12-4-7-18(23)19(24)17-8-10-21-11-9-17/h1-12,19H,13-15H2,(H,22,25)/t19-/m1/s1. The molecule has 1 aliphatic rings. The normalized spacial score (nSPS) is 16.3. The molecule has 3 heterocycles. The van der Waals surface area contributed by atoms with Crippen molar-refractivity contribution in [1.82, 2.24) is 19.8 Å². The molecule has 1 aliphatic heterocycles. The highest BCUT2D eigenvalue weighted by Crippen LogP contribution is 2.32. The fraction of sp³-hybridized carbons (Fsp3) is 0.200. The van der Waals surface area contributed by atoms with Crippen LogP contribution in [0, 0.1) is 0 Å². The second kappa shape index (κ2) is 7.07. The number of hydrogen-bond acceptors (Lipinski definition) is 2. The third kappa shape index (κ3) is 3.28. The van der Waals surface area contributed by atoms with Crippen LogP contribution < -0.4 is 5.32 Å². The van der Waals surface area contributed by atoms with Crippen LogP contribution >= 0.6 is 12.2 Å². The number of fused-ring (bicyclic) bond motifs is 1. The van der Waals surface area contributed by atoms with Crippen LogP contribution in [0.5, 0.6) is 0 Å². The molecule has 2 aromatic heterocycles. The number of nitrogens with one attached hydrogen (secondary N) is 1. The van der Waals surface area contributed by atoms with E-state index < -0.39 is 0 Å². The first-order valence-corrected chi connectivity index (χ1v) is 8.87. The van der Waals surface area contributed by atoms with E-state index in [1.54, 1.807) is 0 Å². The second-order valence-corrected chi connectivity index (χ2v) is 6.53. The molecule has 0 unspecified atom stereocenters. The zero-order valence-electron chi connectivity index (χ0n) is 13.9. The number of pyridine rings is 1. The molecule has 3 aromatic rings. The molecular weight excluding hydrogens is 328 g/mol. The quantitative estimate of drug-likeness (QED) is 0.736. The molecule has 0 bridgehead atoms. The van der Waals surface area contributed by atoms with E-state index in [4.69, 9.17) is 12.2 Å². The topological polar surface area (TPSA) is 33.1 Å². The molecule has 0 saturated carbocycles. The maximum absolute atomic E-state index is 5.74. The van der Waals surface area contributed by atoms with Gasteiger partial charge in [0, 0.05) is 43.9 Å². The van der Waals surface area contributed by atoms with Crippen LogP contribution in [0.1, 0.15) is 22.9 Å². The molecule has 1 aromatic carbocycles. The highest BCUT2D eigenvalue weighted by atomic mass is 32.1. The van der Waals surface area contributed by atoms with Gasteiger partial charge in [0.25, 0.3) is 0 Å². The van der Waals surface area contributed by atoms with Crippen molar-refractivity contribution in [3.8, 4) is 0 Å². The number of hydrogen-bond donors (Lipinski definition) is 1. The van der Waals surface area contributed by atoms with E-state index in [0.717, 1.165) is 24.7 Å². The van der Waals surface area contributed by atoms with Crippen molar-refractivity contribution in [1.29, 1.82) is 0 Å². The fourth-order valence-electron chi connectivity index (χ4n) is 3.37. The predicted molar refractivity (Wildman–Crippen MR) is 103 cm³/mol. The van der Waals surface area contributed by atoms with Gasteiger partial charge >= 0.3 is 0 Å². The van der Waals surface area contributed by atoms with Gasteiger partial charge in [-0.25, -0.2) is 0 Å². The average Bonchev–Trinajstić information content (AvgIpc) is 3.15. The first-order valence-electron chi connectivity index (χ1n) is 8.46. The van der Waals surface area contributed by atoms with Gasteiger partial charge in [-0.2, -0.15) is 0 Å². The summed E-state index contributed by atoms with van der Waals surface area (Å²) in [5.41, 5.74) is 3.70. The van der Waals surface area contributed by atoms with Crippen molar-refractivity contribution < 1.29 is 0 Å². The average molecular weight is 348 g/mol. The lowest BCUT2D eigenvalue weighted by atomic mass is 10.0. The molecule has 1 N–H and O–H groups in total. The number of nitrogens with zero attached hydrogens (tertiary/aromatic N) is 3. The Bertz CT molecular complexity index is 844. The SMILES string of the molecule is S=C(NCc1ccccc1)N1CCn2cccc2[C@H]1c1ccncc1. The monoisotopic (exact) mass is 348 g/mol. The third-order valence-electron chi connectivity index (χ3n) is 4.61. The maximum Gasteiger partial charge on any atom is 0.170 e.